The van der Waals surface area contributed by atoms with Crippen LogP contribution in [0.25, 0.3) is 16.9 Å². The number of nitrogens with one attached hydrogen (secondary N) is 2. The SMILES string of the molecule is C=C1NC(N)=Nc2c1ccn2[C@@H]1O[C@H](CCOP(=O)(O)OP(=O)(O)OP(=O)(O)OC[C@H]2O[C@@H]([n+]3cn(C)c4c(=O)[nH]c(N)nc43)[C@H](O)[C@@H](O)[C@@H]2O)[C@@H](O)[C@H]1O. The molecule has 0 spiro atoms. The summed E-state index contributed by atoms with van der Waals surface area (Å²) in [6.07, 6.45) is -12.4. The number of anilines is 1. The fraction of sp³-hybridized carbons (Fsp3) is 0.520. The summed E-state index contributed by atoms with van der Waals surface area (Å²) in [4.78, 5) is 53.0. The van der Waals surface area contributed by atoms with E-state index in [1.54, 1.807) is 6.07 Å². The number of aryl methyl sites for hydroxylation is 1. The van der Waals surface area contributed by atoms with Crippen molar-refractivity contribution < 1.29 is 85.6 Å². The fourth-order valence-corrected chi connectivity index (χ4v) is 9.61. The van der Waals surface area contributed by atoms with Crippen molar-refractivity contribution in [3.05, 3.63) is 41.1 Å². The molecule has 12 atom stereocenters. The summed E-state index contributed by atoms with van der Waals surface area (Å²) in [6.45, 7) is 1.85. The zero-order chi connectivity index (χ0) is 40.4. The molecule has 0 amide bonds. The van der Waals surface area contributed by atoms with Crippen LogP contribution < -0.4 is 26.9 Å². The first-order valence-electron chi connectivity index (χ1n) is 15.8. The molecule has 0 radical (unpaired) electrons. The second-order valence-corrected chi connectivity index (χ2v) is 17.0. The predicted molar refractivity (Wildman–Crippen MR) is 180 cm³/mol. The molecule has 0 aliphatic carbocycles. The number of aromatic amines is 1. The highest BCUT2D eigenvalue weighted by Crippen LogP contribution is 2.67. The largest absolute Gasteiger partial charge is 0.490 e. The highest BCUT2D eigenvalue weighted by Gasteiger charge is 2.50. The van der Waals surface area contributed by atoms with E-state index in [0.717, 1.165) is 4.57 Å². The number of rotatable bonds is 13. The van der Waals surface area contributed by atoms with Crippen molar-refractivity contribution in [2.45, 2.75) is 61.6 Å². The van der Waals surface area contributed by atoms with Crippen LogP contribution in [0.4, 0.5) is 11.8 Å². The van der Waals surface area contributed by atoms with Gasteiger partial charge in [-0.25, -0.2) is 18.3 Å². The third kappa shape index (κ3) is 8.49. The zero-order valence-corrected chi connectivity index (χ0v) is 30.8. The summed E-state index contributed by atoms with van der Waals surface area (Å²) in [5, 5.41) is 55.6. The Hall–Kier alpha value is -3.43. The molecule has 304 valence electrons. The lowest BCUT2D eigenvalue weighted by Gasteiger charge is -2.39. The molecule has 3 unspecified atom stereocenters. The summed E-state index contributed by atoms with van der Waals surface area (Å²) in [6, 6.07) is 1.61. The topological polar surface area (TPSA) is 404 Å². The summed E-state index contributed by atoms with van der Waals surface area (Å²) in [7, 11) is -15.8. The van der Waals surface area contributed by atoms with Gasteiger partial charge >= 0.3 is 29.1 Å². The number of aliphatic hydroxyl groups excluding tert-OH is 5. The van der Waals surface area contributed by atoms with Crippen LogP contribution >= 0.6 is 23.5 Å². The molecule has 14 N–H and O–H groups in total. The normalized spacial score (nSPS) is 31.6. The average Bonchev–Trinajstić information content (AvgIpc) is 3.71. The van der Waals surface area contributed by atoms with Crippen molar-refractivity contribution in [3.8, 4) is 0 Å². The molecule has 3 aliphatic heterocycles. The zero-order valence-electron chi connectivity index (χ0n) is 28.1. The number of aliphatic hydroxyl groups is 5. The molecule has 3 aromatic rings. The van der Waals surface area contributed by atoms with E-state index >= 15 is 0 Å². The number of hydrogen-bond donors (Lipinski definition) is 12. The van der Waals surface area contributed by atoms with Crippen molar-refractivity contribution in [3.63, 3.8) is 0 Å². The molecule has 0 saturated carbocycles. The monoisotopic (exact) mass is 844 g/mol. The van der Waals surface area contributed by atoms with Crippen LogP contribution in [0.1, 0.15) is 24.4 Å². The average molecular weight is 845 g/mol. The molecule has 2 fully saturated rings. The Morgan fingerprint density at radius 3 is 2.29 bits per heavy atom. The van der Waals surface area contributed by atoms with Gasteiger partial charge in [0.25, 0.3) is 11.5 Å². The van der Waals surface area contributed by atoms with Gasteiger partial charge in [0.15, 0.2) is 18.5 Å². The number of aromatic nitrogens is 5. The molecule has 0 aromatic carbocycles. The van der Waals surface area contributed by atoms with E-state index < -0.39 is 104 Å². The van der Waals surface area contributed by atoms with Gasteiger partial charge in [-0.3, -0.25) is 23.4 Å². The molecule has 30 heteroatoms. The Balaban J connectivity index is 1.03. The van der Waals surface area contributed by atoms with E-state index in [4.69, 9.17) is 20.9 Å². The number of H-pyrrole nitrogens is 1. The van der Waals surface area contributed by atoms with Gasteiger partial charge in [0, 0.05) is 23.9 Å². The molecular weight excluding hydrogens is 807 g/mol. The molecule has 6 heterocycles. The lowest BCUT2D eigenvalue weighted by molar-refractivity contribution is -0.759. The molecule has 6 rings (SSSR count). The van der Waals surface area contributed by atoms with Crippen molar-refractivity contribution in [1.82, 2.24) is 24.4 Å². The maximum absolute atomic E-state index is 12.6. The van der Waals surface area contributed by atoms with E-state index in [1.165, 1.54) is 28.7 Å². The summed E-state index contributed by atoms with van der Waals surface area (Å²) < 4.78 is 70.0. The van der Waals surface area contributed by atoms with Gasteiger partial charge in [0.05, 0.1) is 26.4 Å². The third-order valence-electron chi connectivity index (χ3n) is 8.55. The number of phosphoric acid groups is 3. The standard InChI is InChI=1S/C25H36N9O18P3/c1-9-10-3-5-33(19(10)29-24(26)28-9)22-17(38)14(35)11(49-22)4-6-47-53(41,42)51-55(45,46)52-54(43,44)48-7-12-15(36)16(37)18(39)23(50-12)34-8-32(2)13-20(34)30-25(27)31-21(13)40/h3,5,8,11-12,14-18,22-23,35-39H,1,4,6-7H2,2H3,(H8-,26,27,28,29,30,31,40,41,42,43,44,45,46)/p+1/t11-,12-,14-,15-,16+,17-,18-,22-,23-/m1/s1. The van der Waals surface area contributed by atoms with Gasteiger partial charge in [-0.1, -0.05) is 11.6 Å². The Kier molecular flexibility index (Phi) is 11.4. The maximum Gasteiger partial charge on any atom is 0.490 e. The van der Waals surface area contributed by atoms with Crippen LogP contribution in [-0.2, 0) is 47.9 Å². The Bertz CT molecular complexity index is 2210. The van der Waals surface area contributed by atoms with Crippen molar-refractivity contribution in [2.75, 3.05) is 18.9 Å². The molecular formula is C25H37N9O18P3+. The minimum absolute atomic E-state index is 0.0104. The van der Waals surface area contributed by atoms with Gasteiger partial charge in [-0.15, -0.1) is 0 Å². The number of nitrogens with zero attached hydrogens (tertiary/aromatic N) is 5. The molecule has 3 aliphatic rings. The lowest BCUT2D eigenvalue weighted by Crippen LogP contribution is -2.62. The first-order chi connectivity index (χ1) is 25.6. The van der Waals surface area contributed by atoms with Crippen LogP contribution in [0.15, 0.2) is 35.0 Å². The van der Waals surface area contributed by atoms with Crippen molar-refractivity contribution in [1.29, 1.82) is 0 Å². The number of hydrogen-bond acceptors (Lipinski definition) is 20. The summed E-state index contributed by atoms with van der Waals surface area (Å²) in [5.41, 5.74) is 11.5. The number of guanidine groups is 1. The van der Waals surface area contributed by atoms with E-state index in [9.17, 15) is 58.7 Å². The van der Waals surface area contributed by atoms with E-state index in [1.807, 2.05) is 0 Å². The fourth-order valence-electron chi connectivity index (χ4n) is 6.09. The number of ether oxygens (including phenoxy) is 2. The molecule has 55 heavy (non-hydrogen) atoms. The first-order valence-corrected chi connectivity index (χ1v) is 20.3. The van der Waals surface area contributed by atoms with Crippen LogP contribution in [0, 0.1) is 0 Å². The number of aliphatic imine (C=N–C) groups is 1. The van der Waals surface area contributed by atoms with E-state index in [0.29, 0.717) is 11.3 Å². The number of nitrogens with two attached hydrogens (primary N) is 2. The Labute approximate surface area is 307 Å². The van der Waals surface area contributed by atoms with Crippen LogP contribution in [0.3, 0.4) is 0 Å². The van der Waals surface area contributed by atoms with Crippen molar-refractivity contribution >= 4 is 58.1 Å². The number of phosphoric ester groups is 2. The van der Waals surface area contributed by atoms with Gasteiger partial charge < -0.3 is 71.0 Å². The summed E-state index contributed by atoms with van der Waals surface area (Å²) in [5.74, 6) is -0.0442. The number of nitrogen functional groups attached to an aromatic ring is 1. The molecule has 0 bridgehead atoms. The van der Waals surface area contributed by atoms with Gasteiger partial charge in [0.1, 0.15) is 42.4 Å². The van der Waals surface area contributed by atoms with Crippen molar-refractivity contribution in [2.24, 2.45) is 17.8 Å². The molecule has 27 nitrogen and oxygen atoms in total. The number of imidazole rings is 1. The van der Waals surface area contributed by atoms with Gasteiger partial charge in [-0.2, -0.15) is 13.6 Å². The second-order valence-electron chi connectivity index (χ2n) is 12.4. The van der Waals surface area contributed by atoms with Crippen LogP contribution in [-0.4, -0.2) is 121 Å². The maximum atomic E-state index is 12.6. The first kappa shape index (κ1) is 41.2. The highest BCUT2D eigenvalue weighted by atomic mass is 31.3. The second kappa shape index (κ2) is 15.1. The lowest BCUT2D eigenvalue weighted by atomic mass is 9.98. The van der Waals surface area contributed by atoms with Crippen LogP contribution in [0.5, 0.6) is 0 Å². The van der Waals surface area contributed by atoms with Gasteiger partial charge in [0.2, 0.25) is 11.7 Å². The van der Waals surface area contributed by atoms with Gasteiger partial charge in [-0.05, 0) is 6.07 Å². The Morgan fingerprint density at radius 1 is 0.945 bits per heavy atom. The molecule has 2 saturated heterocycles. The van der Waals surface area contributed by atoms with E-state index in [2.05, 4.69) is 44.5 Å². The smallest absolute Gasteiger partial charge is 0.388 e. The minimum atomic E-state index is -5.98. The Morgan fingerprint density at radius 2 is 1.60 bits per heavy atom. The van der Waals surface area contributed by atoms with Crippen LogP contribution in [0.2, 0.25) is 0 Å². The predicted octanol–water partition coefficient (Wildman–Crippen LogP) is -3.49. The molecule has 3 aromatic heterocycles. The minimum Gasteiger partial charge on any atom is -0.388 e. The third-order valence-corrected chi connectivity index (χ3v) is 12.8. The highest BCUT2D eigenvalue weighted by molar-refractivity contribution is 7.66. The number of fused-ring (bicyclic) bond motifs is 2. The quantitative estimate of drug-likeness (QED) is 0.0587. The van der Waals surface area contributed by atoms with E-state index in [-0.39, 0.29) is 28.9 Å². The summed E-state index contributed by atoms with van der Waals surface area (Å²) >= 11 is 0.